The molecule has 4 aliphatic carbocycles. The monoisotopic (exact) mass is 530 g/mol. The summed E-state index contributed by atoms with van der Waals surface area (Å²) in [6.07, 6.45) is 9.30. The normalized spacial score (nSPS) is 28.6. The van der Waals surface area contributed by atoms with Crippen molar-refractivity contribution < 1.29 is 24.2 Å². The smallest absolute Gasteiger partial charge is 0.339 e. The second-order valence-electron chi connectivity index (χ2n) is 11.9. The highest BCUT2D eigenvalue weighted by molar-refractivity contribution is 6.08. The Kier molecular flexibility index (Phi) is 5.25. The fourth-order valence-electron chi connectivity index (χ4n) is 8.30. The molecule has 39 heavy (non-hydrogen) atoms. The van der Waals surface area contributed by atoms with E-state index in [1.165, 1.54) is 31.8 Å². The number of hydrogen-bond donors (Lipinski definition) is 5. The average Bonchev–Trinajstić information content (AvgIpc) is 3.35. The number of fused-ring (bicyclic) bond motifs is 2. The molecule has 4 saturated carbocycles. The fraction of sp³-hybridized carbons (Fsp3) is 0.464. The number of hydrogen-bond acceptors (Lipinski definition) is 7. The Balaban J connectivity index is 1.22. The first-order valence-electron chi connectivity index (χ1n) is 13.4. The molecule has 2 atom stereocenters. The van der Waals surface area contributed by atoms with Gasteiger partial charge in [0.2, 0.25) is 0 Å². The SMILES string of the molecule is NCC12CC3CC(C1)CC(c1cc(CNC(=O)c4ncnc5c(C(=O)O)c[nH]c45)cc4c1OCC(=O)N4)(C3)C2. The lowest BCUT2D eigenvalue weighted by Crippen LogP contribution is -2.56. The number of carboxylic acids is 1. The minimum Gasteiger partial charge on any atom is -0.481 e. The van der Waals surface area contributed by atoms with Gasteiger partial charge in [-0.3, -0.25) is 9.59 Å². The summed E-state index contributed by atoms with van der Waals surface area (Å²) in [7, 11) is 0. The number of aromatic nitrogens is 3. The van der Waals surface area contributed by atoms with E-state index in [1.807, 2.05) is 6.07 Å². The number of ether oxygens (including phenoxy) is 1. The van der Waals surface area contributed by atoms with E-state index >= 15 is 0 Å². The number of nitrogens with one attached hydrogen (secondary N) is 3. The van der Waals surface area contributed by atoms with Gasteiger partial charge in [-0.2, -0.15) is 0 Å². The summed E-state index contributed by atoms with van der Waals surface area (Å²) in [5, 5.41) is 15.3. The van der Waals surface area contributed by atoms with Gasteiger partial charge in [-0.25, -0.2) is 14.8 Å². The Morgan fingerprint density at radius 3 is 2.72 bits per heavy atom. The Bertz CT molecular complexity index is 1530. The summed E-state index contributed by atoms with van der Waals surface area (Å²) >= 11 is 0. The van der Waals surface area contributed by atoms with E-state index in [0.29, 0.717) is 24.1 Å². The maximum Gasteiger partial charge on any atom is 0.339 e. The molecule has 1 aromatic carbocycles. The van der Waals surface area contributed by atoms with Gasteiger partial charge in [-0.15, -0.1) is 0 Å². The van der Waals surface area contributed by atoms with Crippen LogP contribution in [0.4, 0.5) is 5.69 Å². The molecule has 2 amide bonds. The zero-order valence-corrected chi connectivity index (χ0v) is 21.4. The van der Waals surface area contributed by atoms with E-state index < -0.39 is 11.9 Å². The highest BCUT2D eigenvalue weighted by Gasteiger charge is 2.58. The molecule has 202 valence electrons. The lowest BCUT2D eigenvalue weighted by molar-refractivity contribution is -0.118. The van der Waals surface area contributed by atoms with Crippen molar-refractivity contribution in [3.05, 3.63) is 47.0 Å². The quantitative estimate of drug-likeness (QED) is 0.324. The number of amides is 2. The van der Waals surface area contributed by atoms with Gasteiger partial charge in [0.25, 0.3) is 11.8 Å². The molecule has 0 radical (unpaired) electrons. The van der Waals surface area contributed by atoms with E-state index in [0.717, 1.165) is 36.1 Å². The Hall–Kier alpha value is -3.99. The van der Waals surface area contributed by atoms with Crippen molar-refractivity contribution in [2.24, 2.45) is 23.0 Å². The molecule has 5 aliphatic rings. The van der Waals surface area contributed by atoms with E-state index in [-0.39, 0.29) is 52.2 Å². The number of nitrogens with two attached hydrogens (primary N) is 1. The van der Waals surface area contributed by atoms with E-state index in [1.54, 1.807) is 0 Å². The van der Waals surface area contributed by atoms with E-state index in [9.17, 15) is 19.5 Å². The van der Waals surface area contributed by atoms with E-state index in [4.69, 9.17) is 10.5 Å². The largest absolute Gasteiger partial charge is 0.481 e. The van der Waals surface area contributed by atoms with Crippen molar-refractivity contribution in [3.8, 4) is 5.75 Å². The van der Waals surface area contributed by atoms with Gasteiger partial charge in [0, 0.05) is 23.7 Å². The van der Waals surface area contributed by atoms with Crippen LogP contribution in [0.2, 0.25) is 0 Å². The second-order valence-corrected chi connectivity index (χ2v) is 11.9. The molecule has 8 rings (SSSR count). The second kappa shape index (κ2) is 8.51. The molecular formula is C28H30N6O5. The lowest BCUT2D eigenvalue weighted by atomic mass is 9.43. The lowest BCUT2D eigenvalue weighted by Gasteiger charge is -2.62. The number of carboxylic acid groups (broad SMARTS) is 1. The molecular weight excluding hydrogens is 500 g/mol. The minimum absolute atomic E-state index is 0.0146. The van der Waals surface area contributed by atoms with Crippen LogP contribution in [0.25, 0.3) is 11.0 Å². The Labute approximate surface area is 223 Å². The highest BCUT2D eigenvalue weighted by Crippen LogP contribution is 2.66. The van der Waals surface area contributed by atoms with Crippen LogP contribution in [-0.4, -0.2) is 51.0 Å². The maximum absolute atomic E-state index is 13.2. The molecule has 1 aliphatic heterocycles. The molecule has 4 bridgehead atoms. The van der Waals surface area contributed by atoms with Gasteiger partial charge in [0.05, 0.1) is 11.2 Å². The number of H-pyrrole nitrogens is 1. The van der Waals surface area contributed by atoms with Crippen LogP contribution >= 0.6 is 0 Å². The number of carbonyl (C=O) groups excluding carboxylic acids is 2. The summed E-state index contributed by atoms with van der Waals surface area (Å²) in [6.45, 7) is 0.865. The topological polar surface area (TPSA) is 172 Å². The maximum atomic E-state index is 13.2. The number of aromatic carboxylic acids is 1. The first-order valence-corrected chi connectivity index (χ1v) is 13.4. The zero-order valence-electron chi connectivity index (χ0n) is 21.4. The molecule has 0 spiro atoms. The van der Waals surface area contributed by atoms with Gasteiger partial charge in [-0.1, -0.05) is 0 Å². The van der Waals surface area contributed by atoms with Crippen LogP contribution in [-0.2, 0) is 16.8 Å². The van der Waals surface area contributed by atoms with Crippen LogP contribution in [0.1, 0.15) is 70.5 Å². The summed E-state index contributed by atoms with van der Waals surface area (Å²) < 4.78 is 6.04. The van der Waals surface area contributed by atoms with Crippen LogP contribution in [0.3, 0.4) is 0 Å². The third-order valence-corrected chi connectivity index (χ3v) is 9.32. The molecule has 3 heterocycles. The summed E-state index contributed by atoms with van der Waals surface area (Å²) in [5.74, 6) is 0.218. The molecule has 2 unspecified atom stereocenters. The van der Waals surface area contributed by atoms with Gasteiger partial charge >= 0.3 is 5.97 Å². The summed E-state index contributed by atoms with van der Waals surface area (Å²) in [4.78, 5) is 47.8. The van der Waals surface area contributed by atoms with Gasteiger partial charge in [0.1, 0.15) is 23.2 Å². The number of anilines is 1. The van der Waals surface area contributed by atoms with Gasteiger partial charge < -0.3 is 31.2 Å². The first kappa shape index (κ1) is 24.1. The summed E-state index contributed by atoms with van der Waals surface area (Å²) in [6, 6.07) is 3.98. The number of aromatic amines is 1. The highest BCUT2D eigenvalue weighted by atomic mass is 16.5. The predicted octanol–water partition coefficient (Wildman–Crippen LogP) is 2.71. The van der Waals surface area contributed by atoms with Crippen molar-refractivity contribution in [3.63, 3.8) is 0 Å². The van der Waals surface area contributed by atoms with Crippen LogP contribution < -0.4 is 21.1 Å². The molecule has 2 aromatic heterocycles. The van der Waals surface area contributed by atoms with E-state index in [2.05, 4.69) is 31.7 Å². The van der Waals surface area contributed by atoms with Crippen molar-refractivity contribution in [2.75, 3.05) is 18.5 Å². The average molecular weight is 531 g/mol. The van der Waals surface area contributed by atoms with Gasteiger partial charge in [0.15, 0.2) is 12.3 Å². The van der Waals surface area contributed by atoms with Crippen molar-refractivity contribution in [1.82, 2.24) is 20.3 Å². The zero-order chi connectivity index (χ0) is 26.9. The van der Waals surface area contributed by atoms with Crippen molar-refractivity contribution in [2.45, 2.75) is 50.5 Å². The standard InChI is InChI=1S/C28H30N6O5/c29-12-27-4-15-1-16(5-27)7-28(6-15,11-27)18-2-14(3-19-24(18)39-10-20(35)34-19)8-31-25(36)23-22-21(32-13-33-23)17(9-30-22)26(37)38/h2-3,9,13,15-16,30H,1,4-8,10-12,29H2,(H,31,36)(H,34,35)(H,37,38). The van der Waals surface area contributed by atoms with Crippen LogP contribution in [0, 0.1) is 17.3 Å². The first-order chi connectivity index (χ1) is 18.8. The Morgan fingerprint density at radius 1 is 1.18 bits per heavy atom. The molecule has 4 fully saturated rings. The van der Waals surface area contributed by atoms with Gasteiger partial charge in [-0.05, 0) is 80.0 Å². The number of nitrogens with zero attached hydrogens (tertiary/aromatic N) is 2. The molecule has 11 heteroatoms. The van der Waals surface area contributed by atoms with Crippen molar-refractivity contribution in [1.29, 1.82) is 0 Å². The van der Waals surface area contributed by atoms with Crippen molar-refractivity contribution >= 4 is 34.5 Å². The van der Waals surface area contributed by atoms with Crippen LogP contribution in [0.5, 0.6) is 5.75 Å². The third kappa shape index (κ3) is 3.78. The summed E-state index contributed by atoms with van der Waals surface area (Å²) in [5.41, 5.74) is 9.51. The minimum atomic E-state index is -1.14. The predicted molar refractivity (Wildman–Crippen MR) is 140 cm³/mol. The fourth-order valence-corrected chi connectivity index (χ4v) is 8.30. The number of rotatable bonds is 6. The van der Waals surface area contributed by atoms with Crippen LogP contribution in [0.15, 0.2) is 24.7 Å². The third-order valence-electron chi connectivity index (χ3n) is 9.32. The number of benzene rings is 1. The molecule has 11 nitrogen and oxygen atoms in total. The molecule has 3 aromatic rings. The Morgan fingerprint density at radius 2 is 1.97 bits per heavy atom. The molecule has 6 N–H and O–H groups in total. The molecule has 0 saturated heterocycles. The number of carbonyl (C=O) groups is 3.